The molecule has 0 aliphatic carbocycles. The van der Waals surface area contributed by atoms with Gasteiger partial charge in [0.1, 0.15) is 5.82 Å². The van der Waals surface area contributed by atoms with Gasteiger partial charge in [-0.25, -0.2) is 9.78 Å². The smallest absolute Gasteiger partial charge is 0.315 e. The van der Waals surface area contributed by atoms with Gasteiger partial charge in [-0.05, 0) is 55.5 Å². The van der Waals surface area contributed by atoms with Crippen LogP contribution >= 0.6 is 23.2 Å². The number of piperidine rings is 1. The van der Waals surface area contributed by atoms with Crippen LogP contribution < -0.4 is 15.5 Å². The molecule has 5 nitrogen and oxygen atoms in total. The number of carbonyl (C=O) groups excluding carboxylic acids is 1. The molecular formula is C20H24Cl2N4O. The Balaban J connectivity index is 1.49. The second-order valence-corrected chi connectivity index (χ2v) is 7.63. The highest BCUT2D eigenvalue weighted by atomic mass is 35.5. The van der Waals surface area contributed by atoms with Crippen molar-refractivity contribution in [1.29, 1.82) is 0 Å². The molecule has 1 saturated heterocycles. The quantitative estimate of drug-likeness (QED) is 0.738. The van der Waals surface area contributed by atoms with Crippen LogP contribution in [0.4, 0.5) is 10.6 Å². The normalized spacial score (nSPS) is 15.3. The summed E-state index contributed by atoms with van der Waals surface area (Å²) in [6, 6.07) is 8.80. The third kappa shape index (κ3) is 5.50. The van der Waals surface area contributed by atoms with Crippen molar-refractivity contribution < 1.29 is 4.79 Å². The number of amides is 2. The number of anilines is 1. The third-order valence-electron chi connectivity index (χ3n) is 4.72. The fourth-order valence-electron chi connectivity index (χ4n) is 3.19. The zero-order valence-corrected chi connectivity index (χ0v) is 16.9. The van der Waals surface area contributed by atoms with Gasteiger partial charge in [-0.2, -0.15) is 0 Å². The minimum absolute atomic E-state index is 0.227. The lowest BCUT2D eigenvalue weighted by atomic mass is 10.1. The molecule has 0 bridgehead atoms. The van der Waals surface area contributed by atoms with E-state index >= 15 is 0 Å². The number of hydrogen-bond donors (Lipinski definition) is 2. The van der Waals surface area contributed by atoms with Gasteiger partial charge in [-0.3, -0.25) is 0 Å². The second-order valence-electron chi connectivity index (χ2n) is 6.79. The van der Waals surface area contributed by atoms with Crippen molar-refractivity contribution in [2.45, 2.75) is 38.8 Å². The number of nitrogens with zero attached hydrogens (tertiary/aromatic N) is 2. The Bertz CT molecular complexity index is 776. The summed E-state index contributed by atoms with van der Waals surface area (Å²) in [5, 5.41) is 6.85. The lowest BCUT2D eigenvalue weighted by Gasteiger charge is -2.27. The monoisotopic (exact) mass is 406 g/mol. The molecule has 1 atom stereocenters. The average molecular weight is 407 g/mol. The summed E-state index contributed by atoms with van der Waals surface area (Å²) in [6.45, 7) is 4.43. The SMILES string of the molecule is CC(NC(=O)NCc1ccc(N2CCCCC2)nc1)c1ccc(Cl)cc1Cl. The molecule has 1 aromatic carbocycles. The maximum absolute atomic E-state index is 12.2. The van der Waals surface area contributed by atoms with E-state index in [0.29, 0.717) is 16.6 Å². The highest BCUT2D eigenvalue weighted by molar-refractivity contribution is 6.35. The maximum atomic E-state index is 12.2. The number of carbonyl (C=O) groups is 1. The molecule has 1 unspecified atom stereocenters. The highest BCUT2D eigenvalue weighted by Crippen LogP contribution is 2.26. The van der Waals surface area contributed by atoms with Gasteiger partial charge >= 0.3 is 6.03 Å². The van der Waals surface area contributed by atoms with Gasteiger partial charge in [-0.15, -0.1) is 0 Å². The van der Waals surface area contributed by atoms with Gasteiger partial charge in [0.05, 0.1) is 6.04 Å². The first kappa shape index (κ1) is 19.8. The van der Waals surface area contributed by atoms with Gasteiger partial charge in [0.2, 0.25) is 0 Å². The zero-order chi connectivity index (χ0) is 19.2. The molecular weight excluding hydrogens is 383 g/mol. The fourth-order valence-corrected chi connectivity index (χ4v) is 3.76. The van der Waals surface area contributed by atoms with Crippen molar-refractivity contribution in [2.75, 3.05) is 18.0 Å². The number of aromatic nitrogens is 1. The lowest BCUT2D eigenvalue weighted by Crippen LogP contribution is -2.36. The van der Waals surface area contributed by atoms with E-state index in [1.807, 2.05) is 31.3 Å². The summed E-state index contributed by atoms with van der Waals surface area (Å²) < 4.78 is 0. The molecule has 1 aromatic heterocycles. The van der Waals surface area contributed by atoms with Gasteiger partial charge in [0, 0.05) is 35.9 Å². The summed E-state index contributed by atoms with van der Waals surface area (Å²) in [4.78, 5) is 19.0. The van der Waals surface area contributed by atoms with Crippen molar-refractivity contribution >= 4 is 35.1 Å². The van der Waals surface area contributed by atoms with E-state index in [9.17, 15) is 4.79 Å². The number of benzene rings is 1. The second kappa shape index (κ2) is 9.29. The number of nitrogens with one attached hydrogen (secondary N) is 2. The van der Waals surface area contributed by atoms with E-state index in [0.717, 1.165) is 30.0 Å². The Morgan fingerprint density at radius 2 is 1.96 bits per heavy atom. The molecule has 2 aromatic rings. The molecule has 2 N–H and O–H groups in total. The predicted octanol–water partition coefficient (Wildman–Crippen LogP) is 4.94. The van der Waals surface area contributed by atoms with Crippen molar-refractivity contribution in [1.82, 2.24) is 15.6 Å². The largest absolute Gasteiger partial charge is 0.357 e. The molecule has 1 aliphatic rings. The number of pyridine rings is 1. The van der Waals surface area contributed by atoms with Crippen LogP contribution in [0, 0.1) is 0 Å². The van der Waals surface area contributed by atoms with E-state index in [1.165, 1.54) is 19.3 Å². The highest BCUT2D eigenvalue weighted by Gasteiger charge is 2.14. The van der Waals surface area contributed by atoms with Gasteiger partial charge in [0.25, 0.3) is 0 Å². The van der Waals surface area contributed by atoms with Crippen LogP contribution in [-0.2, 0) is 6.54 Å². The average Bonchev–Trinajstić information content (AvgIpc) is 2.67. The molecule has 144 valence electrons. The van der Waals surface area contributed by atoms with Crippen LogP contribution in [0.1, 0.15) is 43.4 Å². The van der Waals surface area contributed by atoms with E-state index in [1.54, 1.807) is 12.1 Å². The molecule has 7 heteroatoms. The van der Waals surface area contributed by atoms with Crippen LogP contribution in [0.5, 0.6) is 0 Å². The number of urea groups is 1. The van der Waals surface area contributed by atoms with Gasteiger partial charge in [-0.1, -0.05) is 35.3 Å². The number of hydrogen-bond acceptors (Lipinski definition) is 3. The van der Waals surface area contributed by atoms with Crippen LogP contribution in [-0.4, -0.2) is 24.1 Å². The topological polar surface area (TPSA) is 57.3 Å². The van der Waals surface area contributed by atoms with Crippen molar-refractivity contribution in [3.63, 3.8) is 0 Å². The third-order valence-corrected chi connectivity index (χ3v) is 5.28. The molecule has 0 radical (unpaired) electrons. The molecule has 1 aliphatic heterocycles. The van der Waals surface area contributed by atoms with Crippen LogP contribution in [0.3, 0.4) is 0 Å². The first-order valence-corrected chi connectivity index (χ1v) is 9.98. The van der Waals surface area contributed by atoms with Crippen molar-refractivity contribution in [3.8, 4) is 0 Å². The van der Waals surface area contributed by atoms with Gasteiger partial charge < -0.3 is 15.5 Å². The number of rotatable bonds is 5. The predicted molar refractivity (Wildman–Crippen MR) is 111 cm³/mol. The Labute approximate surface area is 170 Å². The Hall–Kier alpha value is -1.98. The molecule has 3 rings (SSSR count). The van der Waals surface area contributed by atoms with E-state index in [2.05, 4.69) is 20.5 Å². The van der Waals surface area contributed by atoms with E-state index in [4.69, 9.17) is 23.2 Å². The molecule has 0 spiro atoms. The minimum Gasteiger partial charge on any atom is -0.357 e. The summed E-state index contributed by atoms with van der Waals surface area (Å²) in [6.07, 6.45) is 5.57. The molecule has 0 saturated carbocycles. The molecule has 1 fully saturated rings. The first-order chi connectivity index (χ1) is 13.0. The minimum atomic E-state index is -0.256. The maximum Gasteiger partial charge on any atom is 0.315 e. The fraction of sp³-hybridized carbons (Fsp3) is 0.400. The molecule has 2 heterocycles. The van der Waals surface area contributed by atoms with Crippen LogP contribution in [0.25, 0.3) is 0 Å². The van der Waals surface area contributed by atoms with Crippen molar-refractivity contribution in [2.24, 2.45) is 0 Å². The van der Waals surface area contributed by atoms with Crippen molar-refractivity contribution in [3.05, 3.63) is 57.7 Å². The standard InChI is InChI=1S/C20H24Cl2N4O/c1-14(17-7-6-16(21)11-18(17)22)25-20(27)24-13-15-5-8-19(23-12-15)26-9-3-2-4-10-26/h5-8,11-12,14H,2-4,9-10,13H2,1H3,(H2,24,25,27). The Kier molecular flexibility index (Phi) is 6.80. The Morgan fingerprint density at radius 1 is 1.19 bits per heavy atom. The van der Waals surface area contributed by atoms with E-state index < -0.39 is 0 Å². The summed E-state index contributed by atoms with van der Waals surface area (Å²) in [7, 11) is 0. The first-order valence-electron chi connectivity index (χ1n) is 9.22. The zero-order valence-electron chi connectivity index (χ0n) is 15.3. The van der Waals surface area contributed by atoms with Gasteiger partial charge in [0.15, 0.2) is 0 Å². The van der Waals surface area contributed by atoms with Crippen LogP contribution in [0.2, 0.25) is 10.0 Å². The Morgan fingerprint density at radius 3 is 2.63 bits per heavy atom. The number of halogens is 2. The van der Waals surface area contributed by atoms with Crippen LogP contribution in [0.15, 0.2) is 36.5 Å². The molecule has 27 heavy (non-hydrogen) atoms. The summed E-state index contributed by atoms with van der Waals surface area (Å²) in [5.74, 6) is 1.01. The molecule has 2 amide bonds. The summed E-state index contributed by atoms with van der Waals surface area (Å²) >= 11 is 12.1. The van der Waals surface area contributed by atoms with E-state index in [-0.39, 0.29) is 12.1 Å². The lowest BCUT2D eigenvalue weighted by molar-refractivity contribution is 0.237. The summed E-state index contributed by atoms with van der Waals surface area (Å²) in [5.41, 5.74) is 1.78.